The molecule has 1 fully saturated rings. The Balaban J connectivity index is 1.64. The zero-order valence-electron chi connectivity index (χ0n) is 17.4. The van der Waals surface area contributed by atoms with Crippen LogP contribution in [0.25, 0.3) is 0 Å². The Labute approximate surface area is 180 Å². The molecular weight excluding hydrogens is 404 g/mol. The van der Waals surface area contributed by atoms with E-state index in [9.17, 15) is 19.2 Å². The van der Waals surface area contributed by atoms with Crippen LogP contribution < -0.4 is 5.32 Å². The predicted octanol–water partition coefficient (Wildman–Crippen LogP) is 2.64. The second kappa shape index (κ2) is 10.1. The zero-order valence-corrected chi connectivity index (χ0v) is 18.2. The normalized spacial score (nSPS) is 21.9. The number of nitrogens with zero attached hydrogens (tertiary/aromatic N) is 1. The first-order valence-corrected chi connectivity index (χ1v) is 11.7. The summed E-state index contributed by atoms with van der Waals surface area (Å²) in [6.07, 6.45) is 6.38. The molecule has 1 aromatic rings. The van der Waals surface area contributed by atoms with Gasteiger partial charge in [0.2, 0.25) is 0 Å². The first kappa shape index (κ1) is 22.3. The third-order valence-electron chi connectivity index (χ3n) is 5.81. The molecule has 0 saturated heterocycles. The second-order valence-electron chi connectivity index (χ2n) is 7.87. The van der Waals surface area contributed by atoms with Gasteiger partial charge in [-0.3, -0.25) is 19.3 Å². The first-order chi connectivity index (χ1) is 14.4. The molecule has 7 nitrogen and oxygen atoms in total. The molecule has 2 aliphatic rings. The molecule has 1 heterocycles. The third kappa shape index (κ3) is 4.86. The summed E-state index contributed by atoms with van der Waals surface area (Å²) in [6.45, 7) is 1.69. The topological polar surface area (TPSA) is 92.8 Å². The first-order valence-electron chi connectivity index (χ1n) is 10.4. The van der Waals surface area contributed by atoms with Crippen molar-refractivity contribution in [2.75, 3.05) is 18.6 Å². The van der Waals surface area contributed by atoms with Gasteiger partial charge in [-0.15, -0.1) is 0 Å². The van der Waals surface area contributed by atoms with Gasteiger partial charge in [0.1, 0.15) is 6.04 Å². The van der Waals surface area contributed by atoms with Crippen LogP contribution in [-0.2, 0) is 14.3 Å². The molecule has 1 saturated carbocycles. The molecule has 30 heavy (non-hydrogen) atoms. The van der Waals surface area contributed by atoms with Crippen LogP contribution in [0.5, 0.6) is 0 Å². The fourth-order valence-electron chi connectivity index (χ4n) is 4.08. The highest BCUT2D eigenvalue weighted by atomic mass is 32.2. The molecule has 8 heteroatoms. The minimum absolute atomic E-state index is 0.0912. The maximum Gasteiger partial charge on any atom is 0.329 e. The Kier molecular flexibility index (Phi) is 7.53. The van der Waals surface area contributed by atoms with Gasteiger partial charge in [0.05, 0.1) is 11.1 Å². The van der Waals surface area contributed by atoms with Gasteiger partial charge in [-0.25, -0.2) is 4.79 Å². The summed E-state index contributed by atoms with van der Waals surface area (Å²) in [4.78, 5) is 51.6. The van der Waals surface area contributed by atoms with Gasteiger partial charge >= 0.3 is 5.97 Å². The molecule has 0 aromatic heterocycles. The molecule has 1 aliphatic carbocycles. The maximum atomic E-state index is 12.8. The molecule has 3 atom stereocenters. The van der Waals surface area contributed by atoms with Crippen molar-refractivity contribution in [3.63, 3.8) is 0 Å². The highest BCUT2D eigenvalue weighted by molar-refractivity contribution is 7.98. The molecule has 0 bridgehead atoms. The molecule has 3 amide bonds. The Morgan fingerprint density at radius 2 is 1.80 bits per heavy atom. The van der Waals surface area contributed by atoms with Crippen molar-refractivity contribution in [1.29, 1.82) is 0 Å². The number of esters is 1. The van der Waals surface area contributed by atoms with Gasteiger partial charge in [0.25, 0.3) is 17.7 Å². The summed E-state index contributed by atoms with van der Waals surface area (Å²) in [7, 11) is 0. The van der Waals surface area contributed by atoms with Gasteiger partial charge in [0, 0.05) is 6.04 Å². The van der Waals surface area contributed by atoms with E-state index in [1.165, 1.54) is 18.2 Å². The van der Waals surface area contributed by atoms with Crippen LogP contribution in [0.3, 0.4) is 0 Å². The van der Waals surface area contributed by atoms with Crippen molar-refractivity contribution in [3.8, 4) is 0 Å². The Hall–Kier alpha value is -2.35. The maximum absolute atomic E-state index is 12.8. The molecule has 3 unspecified atom stereocenters. The molecular formula is C22H28N2O5S. The van der Waals surface area contributed by atoms with Gasteiger partial charge in [-0.2, -0.15) is 11.8 Å². The summed E-state index contributed by atoms with van der Waals surface area (Å²) in [5.41, 5.74) is 0.571. The number of imide groups is 1. The van der Waals surface area contributed by atoms with Crippen molar-refractivity contribution in [3.05, 3.63) is 35.4 Å². The van der Waals surface area contributed by atoms with Crippen LogP contribution in [0.2, 0.25) is 0 Å². The van der Waals surface area contributed by atoms with Crippen molar-refractivity contribution in [1.82, 2.24) is 10.2 Å². The average Bonchev–Trinajstić information content (AvgIpc) is 2.99. The van der Waals surface area contributed by atoms with Crippen molar-refractivity contribution < 1.29 is 23.9 Å². The molecule has 162 valence electrons. The number of hydrogen-bond donors (Lipinski definition) is 1. The quantitative estimate of drug-likeness (QED) is 0.501. The highest BCUT2D eigenvalue weighted by Gasteiger charge is 2.43. The van der Waals surface area contributed by atoms with E-state index in [-0.39, 0.29) is 29.5 Å². The molecule has 3 rings (SSSR count). The third-order valence-corrected chi connectivity index (χ3v) is 6.45. The Morgan fingerprint density at radius 3 is 2.40 bits per heavy atom. The summed E-state index contributed by atoms with van der Waals surface area (Å²) in [5, 5.41) is 2.94. The SMILES string of the molecule is CSCCC(C(=O)OCC(=O)NC1CCCCC1C)N1C(=O)c2ccccc2C1=O. The van der Waals surface area contributed by atoms with E-state index < -0.39 is 30.4 Å². The second-order valence-corrected chi connectivity index (χ2v) is 8.85. The van der Waals surface area contributed by atoms with E-state index in [1.807, 2.05) is 6.26 Å². The minimum atomic E-state index is -1.05. The zero-order chi connectivity index (χ0) is 21.7. The largest absolute Gasteiger partial charge is 0.454 e. The molecule has 1 N–H and O–H groups in total. The van der Waals surface area contributed by atoms with E-state index in [1.54, 1.807) is 24.3 Å². The lowest BCUT2D eigenvalue weighted by Gasteiger charge is -2.29. The number of ether oxygens (including phenoxy) is 1. The van der Waals surface area contributed by atoms with Gasteiger partial charge in [0.15, 0.2) is 6.61 Å². The predicted molar refractivity (Wildman–Crippen MR) is 114 cm³/mol. The van der Waals surface area contributed by atoms with Gasteiger partial charge < -0.3 is 10.1 Å². The minimum Gasteiger partial charge on any atom is -0.454 e. The summed E-state index contributed by atoms with van der Waals surface area (Å²) in [6, 6.07) is 5.55. The Bertz CT molecular complexity index is 793. The average molecular weight is 433 g/mol. The van der Waals surface area contributed by atoms with E-state index in [0.717, 1.165) is 24.2 Å². The summed E-state index contributed by atoms with van der Waals surface area (Å²) < 4.78 is 5.24. The number of hydrogen-bond acceptors (Lipinski definition) is 6. The number of amides is 3. The van der Waals surface area contributed by atoms with Crippen LogP contribution in [0.1, 0.15) is 59.7 Å². The lowest BCUT2D eigenvalue weighted by molar-refractivity contribution is -0.152. The van der Waals surface area contributed by atoms with E-state index >= 15 is 0 Å². The Morgan fingerprint density at radius 1 is 1.17 bits per heavy atom. The fourth-order valence-corrected chi connectivity index (χ4v) is 4.54. The number of nitrogens with one attached hydrogen (secondary N) is 1. The smallest absolute Gasteiger partial charge is 0.329 e. The van der Waals surface area contributed by atoms with Crippen molar-refractivity contribution >= 4 is 35.5 Å². The van der Waals surface area contributed by atoms with E-state index in [0.29, 0.717) is 11.7 Å². The van der Waals surface area contributed by atoms with E-state index in [2.05, 4.69) is 12.2 Å². The van der Waals surface area contributed by atoms with Crippen molar-refractivity contribution in [2.24, 2.45) is 5.92 Å². The number of thioether (sulfide) groups is 1. The summed E-state index contributed by atoms with van der Waals surface area (Å²) in [5.74, 6) is -1.12. The highest BCUT2D eigenvalue weighted by Crippen LogP contribution is 2.27. The lowest BCUT2D eigenvalue weighted by Crippen LogP contribution is -2.47. The van der Waals surface area contributed by atoms with Crippen LogP contribution in [0.4, 0.5) is 0 Å². The van der Waals surface area contributed by atoms with Crippen LogP contribution in [0.15, 0.2) is 24.3 Å². The van der Waals surface area contributed by atoms with Crippen LogP contribution >= 0.6 is 11.8 Å². The number of carbonyl (C=O) groups is 4. The number of carbonyl (C=O) groups excluding carboxylic acids is 4. The van der Waals surface area contributed by atoms with Gasteiger partial charge in [-0.1, -0.05) is 31.9 Å². The van der Waals surface area contributed by atoms with Gasteiger partial charge in [-0.05, 0) is 49.3 Å². The molecule has 0 radical (unpaired) electrons. The molecule has 0 spiro atoms. The monoisotopic (exact) mass is 432 g/mol. The summed E-state index contributed by atoms with van der Waals surface area (Å²) >= 11 is 1.50. The van der Waals surface area contributed by atoms with E-state index in [4.69, 9.17) is 4.74 Å². The number of fused-ring (bicyclic) bond motifs is 1. The van der Waals surface area contributed by atoms with Crippen LogP contribution in [-0.4, -0.2) is 59.3 Å². The van der Waals surface area contributed by atoms with Crippen LogP contribution in [0, 0.1) is 5.92 Å². The number of rotatable bonds is 8. The molecule has 1 aromatic carbocycles. The number of benzene rings is 1. The standard InChI is InChI=1S/C22H28N2O5S/c1-14-7-3-6-10-17(14)23-19(25)13-29-22(28)18(11-12-30-2)24-20(26)15-8-4-5-9-16(15)21(24)27/h4-5,8-9,14,17-18H,3,6-7,10-13H2,1-2H3,(H,23,25). The van der Waals surface area contributed by atoms with Crippen molar-refractivity contribution in [2.45, 2.75) is 51.1 Å². The molecule has 1 aliphatic heterocycles. The fraction of sp³-hybridized carbons (Fsp3) is 0.545. The lowest BCUT2D eigenvalue weighted by atomic mass is 9.86.